The molecule has 1 unspecified atom stereocenters. The van der Waals surface area contributed by atoms with Gasteiger partial charge in [0, 0.05) is 32.9 Å². The van der Waals surface area contributed by atoms with Crippen molar-refractivity contribution < 1.29 is 4.74 Å². The van der Waals surface area contributed by atoms with Crippen molar-refractivity contribution in [1.82, 2.24) is 4.98 Å². The minimum absolute atomic E-state index is 0.555. The quantitative estimate of drug-likeness (QED) is 0.857. The number of methoxy groups -OCH3 is 1. The molecular formula is C13H21N3O. The second-order valence-electron chi connectivity index (χ2n) is 4.64. The van der Waals surface area contributed by atoms with Gasteiger partial charge in [0.1, 0.15) is 5.82 Å². The first kappa shape index (κ1) is 12.3. The highest BCUT2D eigenvalue weighted by Crippen LogP contribution is 2.21. The monoisotopic (exact) mass is 235 g/mol. The van der Waals surface area contributed by atoms with Crippen LogP contribution >= 0.6 is 0 Å². The number of rotatable bonds is 4. The second kappa shape index (κ2) is 5.98. The lowest BCUT2D eigenvalue weighted by Gasteiger charge is -2.33. The van der Waals surface area contributed by atoms with Gasteiger partial charge >= 0.3 is 0 Å². The van der Waals surface area contributed by atoms with E-state index in [1.807, 2.05) is 6.20 Å². The molecule has 1 saturated heterocycles. The van der Waals surface area contributed by atoms with Gasteiger partial charge < -0.3 is 15.4 Å². The number of nitrogens with zero attached hydrogens (tertiary/aromatic N) is 2. The second-order valence-corrected chi connectivity index (χ2v) is 4.64. The summed E-state index contributed by atoms with van der Waals surface area (Å²) in [7, 11) is 1.77. The zero-order chi connectivity index (χ0) is 12.1. The Labute approximate surface area is 103 Å². The van der Waals surface area contributed by atoms with E-state index in [0.717, 1.165) is 31.1 Å². The van der Waals surface area contributed by atoms with Gasteiger partial charge in [-0.15, -0.1) is 0 Å². The standard InChI is InChI=1S/C13H21N3O/c1-17-10-12-3-2-6-16(9-12)13-5-4-11(7-14)8-15-13/h4-5,8,12H,2-3,6-7,9-10,14H2,1H3. The molecule has 17 heavy (non-hydrogen) atoms. The summed E-state index contributed by atoms with van der Waals surface area (Å²) < 4.78 is 5.24. The van der Waals surface area contributed by atoms with Crippen molar-refractivity contribution in [2.45, 2.75) is 19.4 Å². The topological polar surface area (TPSA) is 51.4 Å². The maximum Gasteiger partial charge on any atom is 0.128 e. The molecule has 1 aliphatic rings. The Bertz CT molecular complexity index is 337. The first-order valence-electron chi connectivity index (χ1n) is 6.22. The number of piperidine rings is 1. The largest absolute Gasteiger partial charge is 0.384 e. The van der Waals surface area contributed by atoms with Crippen LogP contribution < -0.4 is 10.6 Å². The van der Waals surface area contributed by atoms with Crippen molar-refractivity contribution in [3.05, 3.63) is 23.9 Å². The number of anilines is 1. The Morgan fingerprint density at radius 3 is 3.06 bits per heavy atom. The Kier molecular flexibility index (Phi) is 4.34. The number of hydrogen-bond donors (Lipinski definition) is 1. The highest BCUT2D eigenvalue weighted by atomic mass is 16.5. The predicted octanol–water partition coefficient (Wildman–Crippen LogP) is 1.40. The third-order valence-electron chi connectivity index (χ3n) is 3.29. The number of aromatic nitrogens is 1. The smallest absolute Gasteiger partial charge is 0.128 e. The van der Waals surface area contributed by atoms with E-state index in [4.69, 9.17) is 10.5 Å². The molecule has 0 bridgehead atoms. The number of hydrogen-bond acceptors (Lipinski definition) is 4. The summed E-state index contributed by atoms with van der Waals surface area (Å²) >= 11 is 0. The number of pyridine rings is 1. The lowest BCUT2D eigenvalue weighted by molar-refractivity contribution is 0.143. The van der Waals surface area contributed by atoms with Crippen molar-refractivity contribution in [2.24, 2.45) is 11.7 Å². The summed E-state index contributed by atoms with van der Waals surface area (Å²) in [6, 6.07) is 4.12. The van der Waals surface area contributed by atoms with Crippen LogP contribution in [0, 0.1) is 5.92 Å². The molecule has 2 heterocycles. The van der Waals surface area contributed by atoms with Gasteiger partial charge in [0.05, 0.1) is 6.61 Å². The van der Waals surface area contributed by atoms with E-state index in [-0.39, 0.29) is 0 Å². The van der Waals surface area contributed by atoms with Crippen molar-refractivity contribution in [3.8, 4) is 0 Å². The lowest BCUT2D eigenvalue weighted by atomic mass is 9.99. The van der Waals surface area contributed by atoms with Crippen LogP contribution in [0.25, 0.3) is 0 Å². The zero-order valence-corrected chi connectivity index (χ0v) is 10.4. The van der Waals surface area contributed by atoms with Gasteiger partial charge in [0.2, 0.25) is 0 Å². The summed E-state index contributed by atoms with van der Waals surface area (Å²) in [6.07, 6.45) is 4.34. The highest BCUT2D eigenvalue weighted by Gasteiger charge is 2.20. The summed E-state index contributed by atoms with van der Waals surface area (Å²) in [5.74, 6) is 1.69. The SMILES string of the molecule is COCC1CCCN(c2ccc(CN)cn2)C1. The predicted molar refractivity (Wildman–Crippen MR) is 68.9 cm³/mol. The van der Waals surface area contributed by atoms with Gasteiger partial charge in [-0.3, -0.25) is 0 Å². The van der Waals surface area contributed by atoms with Crippen LogP contribution in [0.3, 0.4) is 0 Å². The molecule has 94 valence electrons. The van der Waals surface area contributed by atoms with E-state index in [2.05, 4.69) is 22.0 Å². The molecular weight excluding hydrogens is 214 g/mol. The molecule has 1 atom stereocenters. The van der Waals surface area contributed by atoms with Crippen LogP contribution in [-0.2, 0) is 11.3 Å². The molecule has 0 aromatic carbocycles. The Morgan fingerprint density at radius 1 is 1.53 bits per heavy atom. The van der Waals surface area contributed by atoms with Gasteiger partial charge in [0.25, 0.3) is 0 Å². The fraction of sp³-hybridized carbons (Fsp3) is 0.615. The van der Waals surface area contributed by atoms with Crippen LogP contribution in [-0.4, -0.2) is 31.8 Å². The summed E-state index contributed by atoms with van der Waals surface area (Å²) in [4.78, 5) is 6.81. The van der Waals surface area contributed by atoms with Gasteiger partial charge in [-0.1, -0.05) is 6.07 Å². The third kappa shape index (κ3) is 3.17. The van der Waals surface area contributed by atoms with E-state index in [0.29, 0.717) is 12.5 Å². The maximum atomic E-state index is 5.57. The van der Waals surface area contributed by atoms with Crippen LogP contribution in [0.1, 0.15) is 18.4 Å². The van der Waals surface area contributed by atoms with Crippen LogP contribution in [0.5, 0.6) is 0 Å². The Hall–Kier alpha value is -1.13. The van der Waals surface area contributed by atoms with Crippen LogP contribution in [0.15, 0.2) is 18.3 Å². The minimum atomic E-state index is 0.555. The molecule has 1 aliphatic heterocycles. The molecule has 1 fully saturated rings. The first-order valence-corrected chi connectivity index (χ1v) is 6.22. The van der Waals surface area contributed by atoms with Crippen molar-refractivity contribution in [1.29, 1.82) is 0 Å². The molecule has 1 aromatic rings. The van der Waals surface area contributed by atoms with E-state index in [1.54, 1.807) is 7.11 Å². The van der Waals surface area contributed by atoms with Gasteiger partial charge in [-0.05, 0) is 30.4 Å². The third-order valence-corrected chi connectivity index (χ3v) is 3.29. The fourth-order valence-electron chi connectivity index (χ4n) is 2.37. The molecule has 1 aromatic heterocycles. The van der Waals surface area contributed by atoms with E-state index in [1.165, 1.54) is 12.8 Å². The van der Waals surface area contributed by atoms with E-state index < -0.39 is 0 Å². The van der Waals surface area contributed by atoms with Crippen LogP contribution in [0.2, 0.25) is 0 Å². The number of nitrogens with two attached hydrogens (primary N) is 1. The average Bonchev–Trinajstić information content (AvgIpc) is 2.40. The molecule has 0 radical (unpaired) electrons. The molecule has 2 N–H and O–H groups in total. The molecule has 0 spiro atoms. The summed E-state index contributed by atoms with van der Waals surface area (Å²) in [5.41, 5.74) is 6.65. The molecule has 0 aliphatic carbocycles. The number of ether oxygens (including phenoxy) is 1. The molecule has 0 amide bonds. The van der Waals surface area contributed by atoms with E-state index in [9.17, 15) is 0 Å². The normalized spacial score (nSPS) is 20.6. The molecule has 4 heteroatoms. The summed E-state index contributed by atoms with van der Waals surface area (Å²) in [5, 5.41) is 0. The maximum absolute atomic E-state index is 5.57. The summed E-state index contributed by atoms with van der Waals surface area (Å²) in [6.45, 7) is 3.54. The lowest BCUT2D eigenvalue weighted by Crippen LogP contribution is -2.37. The highest BCUT2D eigenvalue weighted by molar-refractivity contribution is 5.39. The zero-order valence-electron chi connectivity index (χ0n) is 10.4. The van der Waals surface area contributed by atoms with Crippen molar-refractivity contribution in [2.75, 3.05) is 31.7 Å². The molecule has 2 rings (SSSR count). The van der Waals surface area contributed by atoms with Crippen molar-refractivity contribution in [3.63, 3.8) is 0 Å². The fourth-order valence-corrected chi connectivity index (χ4v) is 2.37. The first-order chi connectivity index (χ1) is 8.33. The average molecular weight is 235 g/mol. The Balaban J connectivity index is 2.00. The van der Waals surface area contributed by atoms with Gasteiger partial charge in [0.15, 0.2) is 0 Å². The van der Waals surface area contributed by atoms with Gasteiger partial charge in [-0.2, -0.15) is 0 Å². The van der Waals surface area contributed by atoms with E-state index >= 15 is 0 Å². The van der Waals surface area contributed by atoms with Gasteiger partial charge in [-0.25, -0.2) is 4.98 Å². The van der Waals surface area contributed by atoms with Crippen molar-refractivity contribution >= 4 is 5.82 Å². The Morgan fingerprint density at radius 2 is 2.41 bits per heavy atom. The molecule has 4 nitrogen and oxygen atoms in total. The minimum Gasteiger partial charge on any atom is -0.384 e. The van der Waals surface area contributed by atoms with Crippen LogP contribution in [0.4, 0.5) is 5.82 Å². The molecule has 0 saturated carbocycles.